The van der Waals surface area contributed by atoms with Crippen LogP contribution in [0.25, 0.3) is 0 Å². The SMILES string of the molecule is CCC(=O)OC1COCCN1.Cl. The van der Waals surface area contributed by atoms with Gasteiger partial charge in [0, 0.05) is 13.0 Å². The lowest BCUT2D eigenvalue weighted by Gasteiger charge is -2.23. The first-order valence-electron chi connectivity index (χ1n) is 3.83. The molecule has 12 heavy (non-hydrogen) atoms. The van der Waals surface area contributed by atoms with Crippen molar-refractivity contribution in [1.29, 1.82) is 0 Å². The molecule has 0 bridgehead atoms. The van der Waals surface area contributed by atoms with Crippen molar-refractivity contribution in [3.05, 3.63) is 0 Å². The van der Waals surface area contributed by atoms with Gasteiger partial charge in [-0.05, 0) is 0 Å². The Morgan fingerprint density at radius 1 is 1.75 bits per heavy atom. The normalized spacial score (nSPS) is 22.6. The Hall–Kier alpha value is -0.320. The van der Waals surface area contributed by atoms with Gasteiger partial charge in [0.05, 0.1) is 13.2 Å². The number of hydrogen-bond donors (Lipinski definition) is 1. The van der Waals surface area contributed by atoms with E-state index in [4.69, 9.17) is 9.47 Å². The van der Waals surface area contributed by atoms with Crippen LogP contribution in [0.5, 0.6) is 0 Å². The highest BCUT2D eigenvalue weighted by Gasteiger charge is 2.15. The number of rotatable bonds is 2. The molecule has 5 heteroatoms. The van der Waals surface area contributed by atoms with E-state index in [1.54, 1.807) is 6.92 Å². The van der Waals surface area contributed by atoms with Crippen molar-refractivity contribution in [3.63, 3.8) is 0 Å². The molecular formula is C7H14ClNO3. The van der Waals surface area contributed by atoms with E-state index in [9.17, 15) is 4.79 Å². The molecule has 0 aromatic carbocycles. The first kappa shape index (κ1) is 11.7. The summed E-state index contributed by atoms with van der Waals surface area (Å²) in [5.74, 6) is -0.187. The van der Waals surface area contributed by atoms with E-state index in [0.29, 0.717) is 19.6 Å². The Bertz CT molecular complexity index is 137. The van der Waals surface area contributed by atoms with Gasteiger partial charge in [0.15, 0.2) is 6.23 Å². The predicted molar refractivity (Wildman–Crippen MR) is 46.2 cm³/mol. The van der Waals surface area contributed by atoms with Gasteiger partial charge in [-0.3, -0.25) is 10.1 Å². The van der Waals surface area contributed by atoms with Crippen molar-refractivity contribution in [2.24, 2.45) is 0 Å². The standard InChI is InChI=1S/C7H13NO3.ClH/c1-2-7(9)11-6-5-10-4-3-8-6;/h6,8H,2-5H2,1H3;1H. The summed E-state index contributed by atoms with van der Waals surface area (Å²) in [5.41, 5.74) is 0. The molecule has 1 aliphatic heterocycles. The molecule has 1 N–H and O–H groups in total. The summed E-state index contributed by atoms with van der Waals surface area (Å²) >= 11 is 0. The largest absolute Gasteiger partial charge is 0.444 e. The third kappa shape index (κ3) is 3.90. The zero-order valence-corrected chi connectivity index (χ0v) is 7.86. The van der Waals surface area contributed by atoms with Gasteiger partial charge < -0.3 is 9.47 Å². The molecule has 0 saturated carbocycles. The van der Waals surface area contributed by atoms with E-state index in [1.807, 2.05) is 0 Å². The van der Waals surface area contributed by atoms with Crippen LogP contribution in [0.4, 0.5) is 0 Å². The Balaban J connectivity index is 0.00000121. The van der Waals surface area contributed by atoms with E-state index in [-0.39, 0.29) is 24.6 Å². The number of ether oxygens (including phenoxy) is 2. The zero-order valence-electron chi connectivity index (χ0n) is 7.04. The third-order valence-corrected chi connectivity index (χ3v) is 1.45. The second-order valence-corrected chi connectivity index (χ2v) is 2.36. The van der Waals surface area contributed by atoms with Crippen LogP contribution in [0.3, 0.4) is 0 Å². The van der Waals surface area contributed by atoms with Gasteiger partial charge in [-0.15, -0.1) is 12.4 Å². The number of carbonyl (C=O) groups is 1. The van der Waals surface area contributed by atoms with E-state index < -0.39 is 0 Å². The van der Waals surface area contributed by atoms with E-state index >= 15 is 0 Å². The van der Waals surface area contributed by atoms with Crippen LogP contribution in [-0.2, 0) is 14.3 Å². The monoisotopic (exact) mass is 195 g/mol. The number of esters is 1. The molecule has 0 aromatic heterocycles. The average molecular weight is 196 g/mol. The third-order valence-electron chi connectivity index (χ3n) is 1.45. The molecule has 0 radical (unpaired) electrons. The zero-order chi connectivity index (χ0) is 8.10. The highest BCUT2D eigenvalue weighted by atomic mass is 35.5. The maximum Gasteiger partial charge on any atom is 0.307 e. The van der Waals surface area contributed by atoms with Crippen molar-refractivity contribution in [2.45, 2.75) is 19.6 Å². The fourth-order valence-electron chi connectivity index (χ4n) is 0.859. The Morgan fingerprint density at radius 2 is 2.50 bits per heavy atom. The van der Waals surface area contributed by atoms with Crippen LogP contribution in [-0.4, -0.2) is 32.0 Å². The minimum Gasteiger partial charge on any atom is -0.444 e. The van der Waals surface area contributed by atoms with Gasteiger partial charge in [0.2, 0.25) is 0 Å². The fourth-order valence-corrected chi connectivity index (χ4v) is 0.859. The molecule has 72 valence electrons. The lowest BCUT2D eigenvalue weighted by Crippen LogP contribution is -2.44. The van der Waals surface area contributed by atoms with E-state index in [2.05, 4.69) is 5.32 Å². The maximum atomic E-state index is 10.8. The number of nitrogens with one attached hydrogen (secondary N) is 1. The number of carbonyl (C=O) groups excluding carboxylic acids is 1. The summed E-state index contributed by atoms with van der Waals surface area (Å²) in [4.78, 5) is 10.8. The lowest BCUT2D eigenvalue weighted by atomic mass is 10.4. The van der Waals surface area contributed by atoms with Crippen molar-refractivity contribution < 1.29 is 14.3 Å². The van der Waals surface area contributed by atoms with Crippen molar-refractivity contribution >= 4 is 18.4 Å². The topological polar surface area (TPSA) is 47.6 Å². The summed E-state index contributed by atoms with van der Waals surface area (Å²) < 4.78 is 10.1. The highest BCUT2D eigenvalue weighted by molar-refractivity contribution is 5.85. The van der Waals surface area contributed by atoms with E-state index in [1.165, 1.54) is 0 Å². The van der Waals surface area contributed by atoms with Crippen LogP contribution < -0.4 is 5.32 Å². The molecule has 0 aromatic rings. The summed E-state index contributed by atoms with van der Waals surface area (Å²) in [6.45, 7) is 3.68. The summed E-state index contributed by atoms with van der Waals surface area (Å²) in [5, 5.41) is 3.02. The molecule has 0 amide bonds. The number of morpholine rings is 1. The fraction of sp³-hybridized carbons (Fsp3) is 0.857. The quantitative estimate of drug-likeness (QED) is 0.645. The minimum absolute atomic E-state index is 0. The minimum atomic E-state index is -0.240. The van der Waals surface area contributed by atoms with Crippen molar-refractivity contribution in [2.75, 3.05) is 19.8 Å². The lowest BCUT2D eigenvalue weighted by molar-refractivity contribution is -0.156. The van der Waals surface area contributed by atoms with Gasteiger partial charge in [-0.1, -0.05) is 6.92 Å². The molecular weight excluding hydrogens is 182 g/mol. The first-order chi connectivity index (χ1) is 5.33. The number of hydrogen-bond acceptors (Lipinski definition) is 4. The van der Waals surface area contributed by atoms with Gasteiger partial charge in [0.1, 0.15) is 0 Å². The van der Waals surface area contributed by atoms with Gasteiger partial charge >= 0.3 is 5.97 Å². The molecule has 1 heterocycles. The van der Waals surface area contributed by atoms with Crippen LogP contribution in [0.1, 0.15) is 13.3 Å². The van der Waals surface area contributed by atoms with Gasteiger partial charge in [-0.25, -0.2) is 0 Å². The second-order valence-electron chi connectivity index (χ2n) is 2.36. The predicted octanol–water partition coefficient (Wildman–Crippen LogP) is 0.307. The Morgan fingerprint density at radius 3 is 3.00 bits per heavy atom. The Labute approximate surface area is 78.0 Å². The van der Waals surface area contributed by atoms with E-state index in [0.717, 1.165) is 6.54 Å². The molecule has 1 aliphatic rings. The molecule has 1 rings (SSSR count). The molecule has 0 spiro atoms. The van der Waals surface area contributed by atoms with Crippen LogP contribution >= 0.6 is 12.4 Å². The van der Waals surface area contributed by atoms with Crippen LogP contribution in [0.15, 0.2) is 0 Å². The molecule has 1 fully saturated rings. The molecule has 4 nitrogen and oxygen atoms in total. The average Bonchev–Trinajstić information content (AvgIpc) is 2.06. The summed E-state index contributed by atoms with van der Waals surface area (Å²) in [6.07, 6.45) is 0.175. The number of halogens is 1. The maximum absolute atomic E-state index is 10.8. The molecule has 1 atom stereocenters. The van der Waals surface area contributed by atoms with Crippen molar-refractivity contribution in [1.82, 2.24) is 5.32 Å². The van der Waals surface area contributed by atoms with Crippen LogP contribution in [0, 0.1) is 0 Å². The smallest absolute Gasteiger partial charge is 0.307 e. The van der Waals surface area contributed by atoms with Crippen LogP contribution in [0.2, 0.25) is 0 Å². The molecule has 0 aliphatic carbocycles. The summed E-state index contributed by atoms with van der Waals surface area (Å²) in [7, 11) is 0. The first-order valence-corrected chi connectivity index (χ1v) is 3.83. The second kappa shape index (κ2) is 6.22. The van der Waals surface area contributed by atoms with Gasteiger partial charge in [0.25, 0.3) is 0 Å². The van der Waals surface area contributed by atoms with Gasteiger partial charge in [-0.2, -0.15) is 0 Å². The van der Waals surface area contributed by atoms with Crippen molar-refractivity contribution in [3.8, 4) is 0 Å². The Kier molecular flexibility index (Phi) is 6.06. The summed E-state index contributed by atoms with van der Waals surface area (Å²) in [6, 6.07) is 0. The molecule has 1 unspecified atom stereocenters. The highest BCUT2D eigenvalue weighted by Crippen LogP contribution is 1.96. The molecule has 1 saturated heterocycles.